The van der Waals surface area contributed by atoms with Crippen molar-refractivity contribution in [3.05, 3.63) is 21.7 Å². The van der Waals surface area contributed by atoms with Crippen LogP contribution in [0.3, 0.4) is 0 Å². The molecule has 0 fully saturated rings. The van der Waals surface area contributed by atoms with Gasteiger partial charge < -0.3 is 9.47 Å². The Morgan fingerprint density at radius 1 is 1.35 bits per heavy atom. The van der Waals surface area contributed by atoms with E-state index in [-0.39, 0.29) is 0 Å². The molecule has 90 valence electrons. The Hall–Kier alpha value is -1.21. The van der Waals surface area contributed by atoms with Gasteiger partial charge in [-0.1, -0.05) is 6.92 Å². The van der Waals surface area contributed by atoms with Gasteiger partial charge in [-0.15, -0.1) is 0 Å². The summed E-state index contributed by atoms with van der Waals surface area (Å²) in [5.74, 6) is 1.59. The van der Waals surface area contributed by atoms with Crippen LogP contribution in [0.15, 0.2) is 10.5 Å². The number of fused-ring (bicyclic) bond motifs is 1. The minimum atomic E-state index is 0.401. The molecule has 0 radical (unpaired) electrons. The zero-order valence-corrected chi connectivity index (χ0v) is 11.3. The Morgan fingerprint density at radius 2 is 2.06 bits per heavy atom. The summed E-state index contributed by atoms with van der Waals surface area (Å²) in [7, 11) is 0. The molecule has 0 aliphatic carbocycles. The van der Waals surface area contributed by atoms with Crippen molar-refractivity contribution in [3.8, 4) is 17.6 Å². The lowest BCUT2D eigenvalue weighted by Crippen LogP contribution is -2.01. The highest BCUT2D eigenvalue weighted by atomic mass is 79.9. The van der Waals surface area contributed by atoms with Crippen LogP contribution < -0.4 is 9.47 Å². The van der Waals surface area contributed by atoms with E-state index in [2.05, 4.69) is 28.9 Å². The Morgan fingerprint density at radius 3 is 2.71 bits per heavy atom. The van der Waals surface area contributed by atoms with E-state index in [4.69, 9.17) is 14.7 Å². The lowest BCUT2D eigenvalue weighted by Gasteiger charge is -2.16. The molecule has 1 heterocycles. The summed E-state index contributed by atoms with van der Waals surface area (Å²) in [5.41, 5.74) is 2.11. The molecule has 2 rings (SSSR count). The topological polar surface area (TPSA) is 42.2 Å². The second kappa shape index (κ2) is 5.42. The largest absolute Gasteiger partial charge is 0.489 e. The van der Waals surface area contributed by atoms with Crippen LogP contribution in [0.25, 0.3) is 0 Å². The minimum absolute atomic E-state index is 0.401. The maximum absolute atomic E-state index is 8.85. The number of rotatable bonds is 2. The predicted molar refractivity (Wildman–Crippen MR) is 68.4 cm³/mol. The number of halogens is 1. The highest BCUT2D eigenvalue weighted by Gasteiger charge is 2.20. The third-order valence-corrected chi connectivity index (χ3v) is 3.38. The normalized spacial score (nSPS) is 13.9. The molecule has 0 amide bonds. The third-order valence-electron chi connectivity index (χ3n) is 2.79. The molecule has 0 atom stereocenters. The van der Waals surface area contributed by atoms with Gasteiger partial charge in [-0.2, -0.15) is 5.26 Å². The zero-order chi connectivity index (χ0) is 12.3. The number of ether oxygens (including phenoxy) is 2. The predicted octanol–water partition coefficient (Wildman–Crippen LogP) is 3.24. The molecule has 1 aromatic rings. The first-order chi connectivity index (χ1) is 8.27. The van der Waals surface area contributed by atoms with E-state index in [1.165, 1.54) is 0 Å². The van der Waals surface area contributed by atoms with Crippen molar-refractivity contribution in [1.82, 2.24) is 0 Å². The van der Waals surface area contributed by atoms with Gasteiger partial charge in [0.2, 0.25) is 0 Å². The summed E-state index contributed by atoms with van der Waals surface area (Å²) < 4.78 is 12.3. The van der Waals surface area contributed by atoms with Crippen LogP contribution in [-0.4, -0.2) is 13.2 Å². The van der Waals surface area contributed by atoms with Gasteiger partial charge in [-0.05, 0) is 34.0 Å². The van der Waals surface area contributed by atoms with Crippen molar-refractivity contribution in [2.24, 2.45) is 0 Å². The van der Waals surface area contributed by atoms with Gasteiger partial charge in [0.25, 0.3) is 0 Å². The van der Waals surface area contributed by atoms with Crippen LogP contribution in [0, 0.1) is 11.3 Å². The molecule has 1 aliphatic rings. The van der Waals surface area contributed by atoms with Gasteiger partial charge in [-0.25, -0.2) is 0 Å². The van der Waals surface area contributed by atoms with Crippen LogP contribution in [0.1, 0.15) is 24.5 Å². The second-order valence-electron chi connectivity index (χ2n) is 3.89. The van der Waals surface area contributed by atoms with Gasteiger partial charge in [0.1, 0.15) is 0 Å². The SMILES string of the molecule is CCc1c(CC#N)cc(Br)c2c1OCCCO2. The van der Waals surface area contributed by atoms with E-state index in [1.807, 2.05) is 6.07 Å². The fourth-order valence-electron chi connectivity index (χ4n) is 2.02. The van der Waals surface area contributed by atoms with E-state index in [1.54, 1.807) is 0 Å². The smallest absolute Gasteiger partial charge is 0.175 e. The standard InChI is InChI=1S/C13H14BrNO2/c1-2-10-9(4-5-15)8-11(14)13-12(10)16-6-3-7-17-13/h8H,2-4,6-7H2,1H3. The van der Waals surface area contributed by atoms with E-state index >= 15 is 0 Å². The molecular weight excluding hydrogens is 282 g/mol. The van der Waals surface area contributed by atoms with E-state index in [9.17, 15) is 0 Å². The first kappa shape index (κ1) is 12.3. The lowest BCUT2D eigenvalue weighted by atomic mass is 10.0. The average Bonchev–Trinajstić information content (AvgIpc) is 2.56. The highest BCUT2D eigenvalue weighted by Crippen LogP contribution is 2.42. The molecule has 17 heavy (non-hydrogen) atoms. The summed E-state index contributed by atoms with van der Waals surface area (Å²) in [4.78, 5) is 0. The zero-order valence-electron chi connectivity index (χ0n) is 9.75. The van der Waals surface area contributed by atoms with Crippen LogP contribution in [0.5, 0.6) is 11.5 Å². The van der Waals surface area contributed by atoms with Crippen molar-refractivity contribution in [2.75, 3.05) is 13.2 Å². The first-order valence-electron chi connectivity index (χ1n) is 5.74. The molecule has 3 nitrogen and oxygen atoms in total. The lowest BCUT2D eigenvalue weighted by molar-refractivity contribution is 0.295. The van der Waals surface area contributed by atoms with Crippen molar-refractivity contribution in [3.63, 3.8) is 0 Å². The monoisotopic (exact) mass is 295 g/mol. The van der Waals surface area contributed by atoms with Gasteiger partial charge in [0, 0.05) is 12.0 Å². The molecule has 0 aromatic heterocycles. The fraction of sp³-hybridized carbons (Fsp3) is 0.462. The molecule has 0 N–H and O–H groups in total. The molecule has 0 spiro atoms. The van der Waals surface area contributed by atoms with Gasteiger partial charge in [0.05, 0.1) is 30.2 Å². The Labute approximate surface area is 109 Å². The van der Waals surface area contributed by atoms with Crippen molar-refractivity contribution in [2.45, 2.75) is 26.2 Å². The molecule has 0 unspecified atom stereocenters. The van der Waals surface area contributed by atoms with Gasteiger partial charge in [0.15, 0.2) is 11.5 Å². The van der Waals surface area contributed by atoms with Gasteiger partial charge >= 0.3 is 0 Å². The van der Waals surface area contributed by atoms with Crippen LogP contribution >= 0.6 is 15.9 Å². The van der Waals surface area contributed by atoms with E-state index in [0.717, 1.165) is 39.9 Å². The van der Waals surface area contributed by atoms with E-state index in [0.29, 0.717) is 19.6 Å². The summed E-state index contributed by atoms with van der Waals surface area (Å²) in [6.07, 6.45) is 2.13. The first-order valence-corrected chi connectivity index (χ1v) is 6.54. The number of hydrogen-bond acceptors (Lipinski definition) is 3. The van der Waals surface area contributed by atoms with Crippen LogP contribution in [-0.2, 0) is 12.8 Å². The Balaban J connectivity index is 2.56. The number of nitriles is 1. The molecule has 0 bridgehead atoms. The third kappa shape index (κ3) is 2.39. The van der Waals surface area contributed by atoms with Crippen molar-refractivity contribution in [1.29, 1.82) is 5.26 Å². The molecule has 1 aliphatic heterocycles. The second-order valence-corrected chi connectivity index (χ2v) is 4.75. The fourth-order valence-corrected chi connectivity index (χ4v) is 2.59. The summed E-state index contributed by atoms with van der Waals surface area (Å²) in [6, 6.07) is 4.16. The van der Waals surface area contributed by atoms with E-state index < -0.39 is 0 Å². The summed E-state index contributed by atoms with van der Waals surface area (Å²) in [5, 5.41) is 8.85. The summed E-state index contributed by atoms with van der Waals surface area (Å²) >= 11 is 3.49. The molecule has 0 saturated carbocycles. The molecule has 4 heteroatoms. The van der Waals surface area contributed by atoms with Gasteiger partial charge in [-0.3, -0.25) is 0 Å². The Kier molecular flexibility index (Phi) is 3.90. The van der Waals surface area contributed by atoms with Crippen LogP contribution in [0.4, 0.5) is 0 Å². The molecule has 1 aromatic carbocycles. The van der Waals surface area contributed by atoms with Crippen molar-refractivity contribution >= 4 is 15.9 Å². The minimum Gasteiger partial charge on any atom is -0.489 e. The maximum atomic E-state index is 8.85. The molecular formula is C13H14BrNO2. The summed E-state index contributed by atoms with van der Waals surface area (Å²) in [6.45, 7) is 3.41. The number of benzene rings is 1. The Bertz CT molecular complexity index is 465. The number of hydrogen-bond donors (Lipinski definition) is 0. The average molecular weight is 296 g/mol. The number of nitrogens with zero attached hydrogens (tertiary/aromatic N) is 1. The maximum Gasteiger partial charge on any atom is 0.175 e. The highest BCUT2D eigenvalue weighted by molar-refractivity contribution is 9.10. The quantitative estimate of drug-likeness (QED) is 0.841. The molecule has 0 saturated heterocycles. The van der Waals surface area contributed by atoms with Crippen molar-refractivity contribution < 1.29 is 9.47 Å². The van der Waals surface area contributed by atoms with Crippen LogP contribution in [0.2, 0.25) is 0 Å².